The second kappa shape index (κ2) is 4.33. The summed E-state index contributed by atoms with van der Waals surface area (Å²) in [4.78, 5) is 13.6. The number of hydrogen-bond acceptors (Lipinski definition) is 4. The second-order valence-electron chi connectivity index (χ2n) is 4.73. The quantitative estimate of drug-likeness (QED) is 0.703. The van der Waals surface area contributed by atoms with Crippen molar-refractivity contribution in [2.75, 3.05) is 24.6 Å². The van der Waals surface area contributed by atoms with E-state index in [1.807, 2.05) is 4.90 Å². The van der Waals surface area contributed by atoms with Crippen LogP contribution in [0.4, 0.5) is 0 Å². The van der Waals surface area contributed by atoms with E-state index in [1.54, 1.807) is 0 Å². The van der Waals surface area contributed by atoms with Crippen LogP contribution in [-0.4, -0.2) is 49.9 Å². The maximum absolute atomic E-state index is 11.7. The van der Waals surface area contributed by atoms with Crippen LogP contribution in [0, 0.1) is 5.92 Å². The van der Waals surface area contributed by atoms with Gasteiger partial charge in [0.2, 0.25) is 5.91 Å². The summed E-state index contributed by atoms with van der Waals surface area (Å²) in [5.41, 5.74) is 5.56. The molecule has 2 heterocycles. The van der Waals surface area contributed by atoms with Gasteiger partial charge in [0.25, 0.3) is 0 Å². The lowest BCUT2D eigenvalue weighted by Crippen LogP contribution is -2.42. The molecule has 2 aliphatic rings. The molecule has 16 heavy (non-hydrogen) atoms. The van der Waals surface area contributed by atoms with Crippen LogP contribution in [0.15, 0.2) is 0 Å². The summed E-state index contributed by atoms with van der Waals surface area (Å²) in [6.45, 7) is 1.24. The Hall–Kier alpha value is -0.620. The molecule has 1 atom stereocenters. The Morgan fingerprint density at radius 3 is 2.44 bits per heavy atom. The molecule has 2 saturated heterocycles. The molecule has 0 aromatic rings. The summed E-state index contributed by atoms with van der Waals surface area (Å²) in [6.07, 6.45) is 1.70. The van der Waals surface area contributed by atoms with Crippen molar-refractivity contribution in [2.45, 2.75) is 25.3 Å². The van der Waals surface area contributed by atoms with Gasteiger partial charge in [-0.25, -0.2) is 8.42 Å². The van der Waals surface area contributed by atoms with Gasteiger partial charge in [0.05, 0.1) is 11.5 Å². The Morgan fingerprint density at radius 2 is 1.94 bits per heavy atom. The maximum Gasteiger partial charge on any atom is 0.223 e. The molecule has 92 valence electrons. The number of amides is 1. The Balaban J connectivity index is 1.97. The SMILES string of the molecule is NCC1CC(=O)N(C2CCS(=O)(=O)CC2)C1. The lowest BCUT2D eigenvalue weighted by atomic mass is 10.1. The van der Waals surface area contributed by atoms with Gasteiger partial charge in [0, 0.05) is 19.0 Å². The van der Waals surface area contributed by atoms with E-state index in [0.29, 0.717) is 32.4 Å². The number of sulfone groups is 1. The summed E-state index contributed by atoms with van der Waals surface area (Å²) < 4.78 is 22.6. The average Bonchev–Trinajstić information content (AvgIpc) is 2.60. The van der Waals surface area contributed by atoms with Crippen LogP contribution in [0.1, 0.15) is 19.3 Å². The van der Waals surface area contributed by atoms with Crippen LogP contribution in [0.3, 0.4) is 0 Å². The van der Waals surface area contributed by atoms with Crippen molar-refractivity contribution in [3.05, 3.63) is 0 Å². The number of carbonyl (C=O) groups is 1. The van der Waals surface area contributed by atoms with Crippen molar-refractivity contribution < 1.29 is 13.2 Å². The van der Waals surface area contributed by atoms with E-state index in [9.17, 15) is 13.2 Å². The molecule has 0 aromatic carbocycles. The Morgan fingerprint density at radius 1 is 1.31 bits per heavy atom. The van der Waals surface area contributed by atoms with Gasteiger partial charge in [0.1, 0.15) is 9.84 Å². The fourth-order valence-electron chi connectivity index (χ4n) is 2.51. The molecule has 0 aromatic heterocycles. The van der Waals surface area contributed by atoms with Gasteiger partial charge < -0.3 is 10.6 Å². The van der Waals surface area contributed by atoms with E-state index >= 15 is 0 Å². The molecule has 5 nitrogen and oxygen atoms in total. The normalized spacial score (nSPS) is 30.9. The van der Waals surface area contributed by atoms with Crippen LogP contribution < -0.4 is 5.73 Å². The van der Waals surface area contributed by atoms with E-state index in [2.05, 4.69) is 0 Å². The van der Waals surface area contributed by atoms with E-state index in [0.717, 1.165) is 0 Å². The fourth-order valence-corrected chi connectivity index (χ4v) is 3.98. The highest BCUT2D eigenvalue weighted by atomic mass is 32.2. The van der Waals surface area contributed by atoms with Gasteiger partial charge in [-0.1, -0.05) is 0 Å². The number of nitrogens with zero attached hydrogens (tertiary/aromatic N) is 1. The summed E-state index contributed by atoms with van der Waals surface area (Å²) >= 11 is 0. The maximum atomic E-state index is 11.7. The third-order valence-electron chi connectivity index (χ3n) is 3.54. The number of hydrogen-bond donors (Lipinski definition) is 1. The van der Waals surface area contributed by atoms with Gasteiger partial charge in [-0.15, -0.1) is 0 Å². The summed E-state index contributed by atoms with van der Waals surface area (Å²) in [6, 6.07) is 0.118. The minimum atomic E-state index is -2.84. The highest BCUT2D eigenvalue weighted by Gasteiger charge is 2.36. The van der Waals surface area contributed by atoms with Gasteiger partial charge in [-0.2, -0.15) is 0 Å². The number of rotatable bonds is 2. The molecule has 1 amide bonds. The van der Waals surface area contributed by atoms with Crippen LogP contribution in [-0.2, 0) is 14.6 Å². The monoisotopic (exact) mass is 246 g/mol. The smallest absolute Gasteiger partial charge is 0.223 e. The third kappa shape index (κ3) is 2.38. The molecule has 1 unspecified atom stereocenters. The second-order valence-corrected chi connectivity index (χ2v) is 7.04. The molecular weight excluding hydrogens is 228 g/mol. The largest absolute Gasteiger partial charge is 0.339 e. The first-order chi connectivity index (χ1) is 7.52. The van der Waals surface area contributed by atoms with Crippen molar-refractivity contribution in [3.8, 4) is 0 Å². The molecule has 0 radical (unpaired) electrons. The van der Waals surface area contributed by atoms with Gasteiger partial charge in [-0.3, -0.25) is 4.79 Å². The molecular formula is C10H18N2O3S. The topological polar surface area (TPSA) is 80.5 Å². The number of nitrogens with two attached hydrogens (primary N) is 1. The predicted octanol–water partition coefficient (Wildman–Crippen LogP) is -0.629. The fraction of sp³-hybridized carbons (Fsp3) is 0.900. The Labute approximate surface area is 95.9 Å². The lowest BCUT2D eigenvalue weighted by Gasteiger charge is -2.31. The van der Waals surface area contributed by atoms with Crippen LogP contribution in [0.2, 0.25) is 0 Å². The molecule has 2 N–H and O–H groups in total. The zero-order chi connectivity index (χ0) is 11.8. The van der Waals surface area contributed by atoms with E-state index in [1.165, 1.54) is 0 Å². The van der Waals surface area contributed by atoms with Crippen molar-refractivity contribution in [1.29, 1.82) is 0 Å². The minimum absolute atomic E-state index is 0.118. The molecule has 0 aliphatic carbocycles. The Bertz CT molecular complexity index is 366. The molecule has 2 rings (SSSR count). The predicted molar refractivity (Wildman–Crippen MR) is 60.6 cm³/mol. The zero-order valence-corrected chi connectivity index (χ0v) is 10.1. The van der Waals surface area contributed by atoms with Crippen molar-refractivity contribution in [1.82, 2.24) is 4.90 Å². The third-order valence-corrected chi connectivity index (χ3v) is 5.25. The molecule has 6 heteroatoms. The highest BCUT2D eigenvalue weighted by Crippen LogP contribution is 2.25. The van der Waals surface area contributed by atoms with Crippen LogP contribution in [0.25, 0.3) is 0 Å². The average molecular weight is 246 g/mol. The first-order valence-electron chi connectivity index (χ1n) is 5.72. The summed E-state index contributed by atoms with van der Waals surface area (Å²) in [5, 5.41) is 0. The highest BCUT2D eigenvalue weighted by molar-refractivity contribution is 7.91. The van der Waals surface area contributed by atoms with Gasteiger partial charge in [0.15, 0.2) is 0 Å². The summed E-state index contributed by atoms with van der Waals surface area (Å²) in [7, 11) is -2.84. The lowest BCUT2D eigenvalue weighted by molar-refractivity contribution is -0.129. The van der Waals surface area contributed by atoms with E-state index < -0.39 is 9.84 Å². The van der Waals surface area contributed by atoms with Crippen LogP contribution >= 0.6 is 0 Å². The van der Waals surface area contributed by atoms with Gasteiger partial charge >= 0.3 is 0 Å². The first kappa shape index (κ1) is 11.9. The van der Waals surface area contributed by atoms with Crippen LogP contribution in [0.5, 0.6) is 0 Å². The van der Waals surface area contributed by atoms with Gasteiger partial charge in [-0.05, 0) is 25.3 Å². The molecule has 0 bridgehead atoms. The zero-order valence-electron chi connectivity index (χ0n) is 9.26. The van der Waals surface area contributed by atoms with Crippen molar-refractivity contribution in [3.63, 3.8) is 0 Å². The van der Waals surface area contributed by atoms with E-state index in [4.69, 9.17) is 5.73 Å². The molecule has 2 fully saturated rings. The summed E-state index contributed by atoms with van der Waals surface area (Å²) in [5.74, 6) is 0.828. The molecule has 0 spiro atoms. The van der Waals surface area contributed by atoms with E-state index in [-0.39, 0.29) is 29.4 Å². The molecule has 0 saturated carbocycles. The van der Waals surface area contributed by atoms with Crippen molar-refractivity contribution >= 4 is 15.7 Å². The Kier molecular flexibility index (Phi) is 3.21. The minimum Gasteiger partial charge on any atom is -0.339 e. The number of likely N-dealkylation sites (tertiary alicyclic amines) is 1. The first-order valence-corrected chi connectivity index (χ1v) is 7.54. The number of carbonyl (C=O) groups excluding carboxylic acids is 1. The molecule has 2 aliphatic heterocycles. The standard InChI is InChI=1S/C10H18N2O3S/c11-6-8-5-10(13)12(7-8)9-1-3-16(14,15)4-2-9/h8-9H,1-7,11H2. The van der Waals surface area contributed by atoms with Crippen molar-refractivity contribution in [2.24, 2.45) is 11.7 Å².